The zero-order valence-electron chi connectivity index (χ0n) is 8.40. The van der Waals surface area contributed by atoms with E-state index >= 15 is 0 Å². The van der Waals surface area contributed by atoms with Gasteiger partial charge in [-0.2, -0.15) is 5.26 Å². The molecule has 0 bridgehead atoms. The van der Waals surface area contributed by atoms with Crippen LogP contribution in [0.4, 0.5) is 0 Å². The molecule has 0 saturated carbocycles. The number of ether oxygens (including phenoxy) is 1. The Kier molecular flexibility index (Phi) is 3.69. The quantitative estimate of drug-likeness (QED) is 0.713. The van der Waals surface area contributed by atoms with Crippen molar-refractivity contribution in [1.29, 1.82) is 5.26 Å². The summed E-state index contributed by atoms with van der Waals surface area (Å²) in [6.45, 7) is 1.75. The van der Waals surface area contributed by atoms with E-state index in [0.29, 0.717) is 5.69 Å². The lowest BCUT2D eigenvalue weighted by Gasteiger charge is -2.10. The Morgan fingerprint density at radius 1 is 1.80 bits per heavy atom. The highest BCUT2D eigenvalue weighted by atomic mass is 35.5. The lowest BCUT2D eigenvalue weighted by molar-refractivity contribution is 0.345. The molecular weight excluding hydrogens is 218 g/mol. The number of methoxy groups -OCH3 is 1. The number of nitrogens with zero attached hydrogens (tertiary/aromatic N) is 3. The molecule has 0 aliphatic rings. The van der Waals surface area contributed by atoms with Crippen LogP contribution >= 0.6 is 11.6 Å². The topological polar surface area (TPSA) is 67.9 Å². The Morgan fingerprint density at radius 2 is 2.47 bits per heavy atom. The monoisotopic (exact) mass is 227 g/mol. The molecule has 1 rings (SSSR count). The van der Waals surface area contributed by atoms with Crippen LogP contribution in [-0.2, 0) is 6.54 Å². The first-order chi connectivity index (χ1) is 7.08. The largest absolute Gasteiger partial charge is 0.468 e. The van der Waals surface area contributed by atoms with Crippen molar-refractivity contribution in [2.75, 3.05) is 7.11 Å². The van der Waals surface area contributed by atoms with Crippen molar-refractivity contribution in [2.24, 2.45) is 0 Å². The van der Waals surface area contributed by atoms with Gasteiger partial charge in [0, 0.05) is 11.8 Å². The molecule has 1 heterocycles. The molecule has 0 aromatic carbocycles. The van der Waals surface area contributed by atoms with Crippen LogP contribution in [-0.4, -0.2) is 22.0 Å². The zero-order chi connectivity index (χ0) is 11.4. The van der Waals surface area contributed by atoms with Gasteiger partial charge < -0.3 is 4.74 Å². The molecule has 6 heteroatoms. The van der Waals surface area contributed by atoms with E-state index < -0.39 is 5.38 Å². The summed E-state index contributed by atoms with van der Waals surface area (Å²) < 4.78 is 6.17. The van der Waals surface area contributed by atoms with Crippen molar-refractivity contribution in [1.82, 2.24) is 9.55 Å². The minimum atomic E-state index is -0.777. The van der Waals surface area contributed by atoms with Crippen molar-refractivity contribution >= 4 is 11.6 Å². The number of halogens is 1. The van der Waals surface area contributed by atoms with Crippen LogP contribution in [0.15, 0.2) is 10.9 Å². The molecule has 1 unspecified atom stereocenters. The average Bonchev–Trinajstić information content (AvgIpc) is 2.21. The molecule has 1 atom stereocenters. The van der Waals surface area contributed by atoms with E-state index in [0.717, 1.165) is 0 Å². The Morgan fingerprint density at radius 3 is 3.00 bits per heavy atom. The van der Waals surface area contributed by atoms with E-state index in [2.05, 4.69) is 4.98 Å². The summed E-state index contributed by atoms with van der Waals surface area (Å²) >= 11 is 5.64. The fourth-order valence-electron chi connectivity index (χ4n) is 1.12. The lowest BCUT2D eigenvalue weighted by atomic mass is 10.4. The first-order valence-corrected chi connectivity index (χ1v) is 4.68. The van der Waals surface area contributed by atoms with Gasteiger partial charge in [-0.15, -0.1) is 11.6 Å². The predicted molar refractivity (Wildman–Crippen MR) is 55.0 cm³/mol. The van der Waals surface area contributed by atoms with Gasteiger partial charge in [0.1, 0.15) is 5.38 Å². The van der Waals surface area contributed by atoms with Crippen LogP contribution < -0.4 is 10.3 Å². The third kappa shape index (κ3) is 2.70. The van der Waals surface area contributed by atoms with E-state index in [-0.39, 0.29) is 18.1 Å². The minimum Gasteiger partial charge on any atom is -0.468 e. The Hall–Kier alpha value is -1.54. The van der Waals surface area contributed by atoms with Gasteiger partial charge in [-0.1, -0.05) is 0 Å². The van der Waals surface area contributed by atoms with Gasteiger partial charge in [0.25, 0.3) is 11.6 Å². The molecule has 5 nitrogen and oxygen atoms in total. The fourth-order valence-corrected chi connectivity index (χ4v) is 1.26. The summed E-state index contributed by atoms with van der Waals surface area (Å²) in [5.41, 5.74) is 0.288. The molecule has 0 amide bonds. The maximum atomic E-state index is 11.5. The maximum Gasteiger partial charge on any atom is 0.299 e. The highest BCUT2D eigenvalue weighted by molar-refractivity contribution is 6.22. The van der Waals surface area contributed by atoms with Crippen molar-refractivity contribution in [3.05, 3.63) is 22.1 Å². The number of nitriles is 1. The first kappa shape index (κ1) is 11.5. The molecule has 1 aromatic heterocycles. The fraction of sp³-hybridized carbons (Fsp3) is 0.444. The van der Waals surface area contributed by atoms with Crippen molar-refractivity contribution in [3.8, 4) is 12.1 Å². The maximum absolute atomic E-state index is 11.5. The normalized spacial score (nSPS) is 11.9. The van der Waals surface area contributed by atoms with Crippen LogP contribution in [0.1, 0.15) is 5.69 Å². The van der Waals surface area contributed by atoms with Gasteiger partial charge in [-0.3, -0.25) is 9.36 Å². The summed E-state index contributed by atoms with van der Waals surface area (Å²) in [5.74, 6) is 0. The van der Waals surface area contributed by atoms with E-state index in [1.807, 2.05) is 6.07 Å². The van der Waals surface area contributed by atoms with Crippen LogP contribution in [0.2, 0.25) is 0 Å². The second-order valence-electron chi connectivity index (χ2n) is 2.93. The number of hydrogen-bond acceptors (Lipinski definition) is 4. The standard InChI is InChI=1S/C9H10ClN3O2/c1-6-3-8(14)13(5-7(10)4-11)9(12-6)15-2/h3,7H,5H2,1-2H3. The van der Waals surface area contributed by atoms with Crippen LogP contribution in [0.25, 0.3) is 0 Å². The zero-order valence-corrected chi connectivity index (χ0v) is 9.15. The van der Waals surface area contributed by atoms with Gasteiger partial charge in [0.2, 0.25) is 0 Å². The van der Waals surface area contributed by atoms with Crippen molar-refractivity contribution in [2.45, 2.75) is 18.8 Å². The molecule has 0 fully saturated rings. The summed E-state index contributed by atoms with van der Waals surface area (Å²) in [6, 6.07) is 3.36. The summed E-state index contributed by atoms with van der Waals surface area (Å²) in [7, 11) is 1.41. The predicted octanol–water partition coefficient (Wildman–Crippen LogP) is 0.691. The molecule has 0 aliphatic carbocycles. The van der Waals surface area contributed by atoms with E-state index in [1.54, 1.807) is 6.92 Å². The first-order valence-electron chi connectivity index (χ1n) is 4.24. The molecule has 0 radical (unpaired) electrons. The molecule has 0 aliphatic heterocycles. The van der Waals surface area contributed by atoms with Gasteiger partial charge in [-0.25, -0.2) is 4.98 Å². The van der Waals surface area contributed by atoms with Gasteiger partial charge in [-0.05, 0) is 6.92 Å². The van der Waals surface area contributed by atoms with Gasteiger partial charge in [0.15, 0.2) is 0 Å². The third-order valence-electron chi connectivity index (χ3n) is 1.77. The van der Waals surface area contributed by atoms with Crippen molar-refractivity contribution < 1.29 is 4.74 Å². The molecular formula is C9H10ClN3O2. The summed E-state index contributed by atoms with van der Waals surface area (Å²) in [6.07, 6.45) is 0. The highest BCUT2D eigenvalue weighted by Crippen LogP contribution is 2.07. The third-order valence-corrected chi connectivity index (χ3v) is 2.00. The van der Waals surface area contributed by atoms with E-state index in [1.165, 1.54) is 17.7 Å². The lowest BCUT2D eigenvalue weighted by Crippen LogP contribution is -2.26. The number of hydrogen-bond donors (Lipinski definition) is 0. The van der Waals surface area contributed by atoms with Gasteiger partial charge in [0.05, 0.1) is 19.7 Å². The number of aromatic nitrogens is 2. The smallest absolute Gasteiger partial charge is 0.299 e. The number of alkyl halides is 1. The molecule has 0 saturated heterocycles. The molecule has 0 spiro atoms. The molecule has 80 valence electrons. The second-order valence-corrected chi connectivity index (χ2v) is 3.46. The molecule has 0 N–H and O–H groups in total. The SMILES string of the molecule is COc1nc(C)cc(=O)n1CC(Cl)C#N. The molecule has 1 aromatic rings. The van der Waals surface area contributed by atoms with Crippen LogP contribution in [0.5, 0.6) is 6.01 Å². The summed E-state index contributed by atoms with van der Waals surface area (Å²) in [5, 5.41) is 7.77. The Balaban J connectivity index is 3.17. The Labute approximate surface area is 91.9 Å². The number of rotatable bonds is 3. The second kappa shape index (κ2) is 4.80. The highest BCUT2D eigenvalue weighted by Gasteiger charge is 2.11. The van der Waals surface area contributed by atoms with E-state index in [9.17, 15) is 4.79 Å². The van der Waals surface area contributed by atoms with Crippen molar-refractivity contribution in [3.63, 3.8) is 0 Å². The van der Waals surface area contributed by atoms with Crippen LogP contribution in [0.3, 0.4) is 0 Å². The summed E-state index contributed by atoms with van der Waals surface area (Å²) in [4.78, 5) is 15.6. The van der Waals surface area contributed by atoms with Crippen LogP contribution in [0, 0.1) is 18.3 Å². The average molecular weight is 228 g/mol. The van der Waals surface area contributed by atoms with E-state index in [4.69, 9.17) is 21.6 Å². The number of aryl methyl sites for hydroxylation is 1. The Bertz CT molecular complexity index is 450. The minimum absolute atomic E-state index is 0.0628. The van der Waals surface area contributed by atoms with Gasteiger partial charge >= 0.3 is 0 Å². The molecule has 15 heavy (non-hydrogen) atoms.